The Morgan fingerprint density at radius 2 is 2.00 bits per heavy atom. The summed E-state index contributed by atoms with van der Waals surface area (Å²) in [5, 5.41) is 7.79. The number of anilines is 1. The van der Waals surface area contributed by atoms with Gasteiger partial charge in [0.25, 0.3) is 0 Å². The average Bonchev–Trinajstić information content (AvgIpc) is 2.29. The molecule has 0 unspecified atom stereocenters. The molecule has 1 rings (SSSR count). The molecule has 1 aromatic rings. The Morgan fingerprint density at radius 1 is 1.42 bits per heavy atom. The minimum Gasteiger partial charge on any atom is -0.381 e. The molecule has 0 aliphatic heterocycles. The van der Waals surface area contributed by atoms with Gasteiger partial charge in [0.2, 0.25) is 0 Å². The second-order valence-electron chi connectivity index (χ2n) is 3.89. The summed E-state index contributed by atoms with van der Waals surface area (Å²) in [7, 11) is 0. The molecule has 0 aliphatic carbocycles. The monoisotopic (exact) mass is 168 g/mol. The van der Waals surface area contributed by atoms with Crippen molar-refractivity contribution in [1.82, 2.24) is 15.0 Å². The lowest BCUT2D eigenvalue weighted by atomic mass is 9.92. The molecule has 0 atom stereocenters. The first kappa shape index (κ1) is 9.03. The number of aromatic nitrogens is 3. The highest BCUT2D eigenvalue weighted by Gasteiger charge is 2.22. The molecule has 0 aromatic carbocycles. The Labute approximate surface area is 72.8 Å². The van der Waals surface area contributed by atoms with E-state index in [1.807, 2.05) is 11.6 Å². The molecular weight excluding hydrogens is 152 g/mol. The van der Waals surface area contributed by atoms with E-state index in [1.165, 1.54) is 0 Å². The van der Waals surface area contributed by atoms with E-state index in [4.69, 9.17) is 5.73 Å². The Bertz CT molecular complexity index is 269. The van der Waals surface area contributed by atoms with Crippen LogP contribution in [-0.2, 0) is 12.0 Å². The number of nitrogens with zero attached hydrogens (tertiary/aromatic N) is 3. The first-order chi connectivity index (χ1) is 5.46. The Hall–Kier alpha value is -1.06. The third-order valence-electron chi connectivity index (χ3n) is 1.77. The Morgan fingerprint density at radius 3 is 2.33 bits per heavy atom. The van der Waals surface area contributed by atoms with Gasteiger partial charge in [0, 0.05) is 12.0 Å². The molecule has 12 heavy (non-hydrogen) atoms. The molecule has 0 bridgehead atoms. The topological polar surface area (TPSA) is 56.7 Å². The lowest BCUT2D eigenvalue weighted by molar-refractivity contribution is 0.494. The van der Waals surface area contributed by atoms with Crippen molar-refractivity contribution >= 4 is 5.82 Å². The van der Waals surface area contributed by atoms with E-state index >= 15 is 0 Å². The molecule has 0 saturated heterocycles. The summed E-state index contributed by atoms with van der Waals surface area (Å²) in [5.41, 5.74) is 6.74. The van der Waals surface area contributed by atoms with Gasteiger partial charge >= 0.3 is 0 Å². The number of rotatable bonds is 1. The van der Waals surface area contributed by atoms with Crippen LogP contribution in [0.1, 0.15) is 33.4 Å². The van der Waals surface area contributed by atoms with Crippen LogP contribution in [0, 0.1) is 0 Å². The number of nitrogen functional groups attached to an aromatic ring is 1. The number of nitrogens with two attached hydrogens (primary N) is 1. The molecule has 1 heterocycles. The van der Waals surface area contributed by atoms with E-state index in [0.717, 1.165) is 12.2 Å². The molecule has 0 saturated carbocycles. The fraction of sp³-hybridized carbons (Fsp3) is 0.750. The van der Waals surface area contributed by atoms with E-state index in [1.54, 1.807) is 0 Å². The van der Waals surface area contributed by atoms with Gasteiger partial charge in [0.1, 0.15) is 0 Å². The minimum atomic E-state index is 0.0175. The van der Waals surface area contributed by atoms with Crippen molar-refractivity contribution in [1.29, 1.82) is 0 Å². The third-order valence-corrected chi connectivity index (χ3v) is 1.77. The summed E-state index contributed by atoms with van der Waals surface area (Å²) in [4.78, 5) is 0. The summed E-state index contributed by atoms with van der Waals surface area (Å²) in [6, 6.07) is 0. The van der Waals surface area contributed by atoms with Crippen molar-refractivity contribution in [3.8, 4) is 0 Å². The quantitative estimate of drug-likeness (QED) is 0.685. The molecule has 0 amide bonds. The minimum absolute atomic E-state index is 0.0175. The highest BCUT2D eigenvalue weighted by Crippen LogP contribution is 2.25. The first-order valence-electron chi connectivity index (χ1n) is 4.16. The van der Waals surface area contributed by atoms with Gasteiger partial charge in [-0.15, -0.1) is 5.10 Å². The zero-order chi connectivity index (χ0) is 9.35. The van der Waals surface area contributed by atoms with Crippen molar-refractivity contribution in [3.05, 3.63) is 5.69 Å². The van der Waals surface area contributed by atoms with E-state index in [2.05, 4.69) is 31.1 Å². The van der Waals surface area contributed by atoms with Crippen molar-refractivity contribution in [2.75, 3.05) is 5.73 Å². The molecule has 4 nitrogen and oxygen atoms in total. The summed E-state index contributed by atoms with van der Waals surface area (Å²) in [6.45, 7) is 9.16. The standard InChI is InChI=1S/C8H16N4/c1-5-12-6(8(2,3)4)7(9)10-11-12/h5,9H2,1-4H3. The van der Waals surface area contributed by atoms with Crippen molar-refractivity contribution < 1.29 is 0 Å². The molecular formula is C8H16N4. The van der Waals surface area contributed by atoms with Gasteiger partial charge in [-0.05, 0) is 6.92 Å². The van der Waals surface area contributed by atoms with E-state index in [0.29, 0.717) is 5.82 Å². The predicted molar refractivity (Wildman–Crippen MR) is 48.8 cm³/mol. The molecule has 68 valence electrons. The maximum absolute atomic E-state index is 5.71. The molecule has 0 spiro atoms. The average molecular weight is 168 g/mol. The van der Waals surface area contributed by atoms with Crippen molar-refractivity contribution in [3.63, 3.8) is 0 Å². The summed E-state index contributed by atoms with van der Waals surface area (Å²) in [5.74, 6) is 0.546. The van der Waals surface area contributed by atoms with Crippen LogP contribution in [0.4, 0.5) is 5.82 Å². The zero-order valence-corrected chi connectivity index (χ0v) is 8.13. The fourth-order valence-corrected chi connectivity index (χ4v) is 1.32. The largest absolute Gasteiger partial charge is 0.381 e. The van der Waals surface area contributed by atoms with Crippen LogP contribution in [0.3, 0.4) is 0 Å². The molecule has 2 N–H and O–H groups in total. The van der Waals surface area contributed by atoms with Crippen LogP contribution in [0.15, 0.2) is 0 Å². The maximum Gasteiger partial charge on any atom is 0.169 e. The second kappa shape index (κ2) is 2.77. The third kappa shape index (κ3) is 1.42. The van der Waals surface area contributed by atoms with Crippen LogP contribution >= 0.6 is 0 Å². The zero-order valence-electron chi connectivity index (χ0n) is 8.13. The molecule has 0 fully saturated rings. The number of hydrogen-bond acceptors (Lipinski definition) is 3. The van der Waals surface area contributed by atoms with Gasteiger partial charge in [-0.3, -0.25) is 0 Å². The van der Waals surface area contributed by atoms with Gasteiger partial charge in [-0.2, -0.15) is 0 Å². The highest BCUT2D eigenvalue weighted by atomic mass is 15.4. The van der Waals surface area contributed by atoms with Gasteiger partial charge in [-0.1, -0.05) is 26.0 Å². The number of aryl methyl sites for hydroxylation is 1. The Kier molecular flexibility index (Phi) is 2.08. The SMILES string of the molecule is CCn1nnc(N)c1C(C)(C)C. The van der Waals surface area contributed by atoms with Crippen LogP contribution in [0.2, 0.25) is 0 Å². The van der Waals surface area contributed by atoms with Crippen LogP contribution in [0.25, 0.3) is 0 Å². The molecule has 1 aromatic heterocycles. The van der Waals surface area contributed by atoms with Crippen molar-refractivity contribution in [2.45, 2.75) is 39.7 Å². The highest BCUT2D eigenvalue weighted by molar-refractivity contribution is 5.37. The molecule has 4 heteroatoms. The van der Waals surface area contributed by atoms with Crippen LogP contribution in [-0.4, -0.2) is 15.0 Å². The normalized spacial score (nSPS) is 12.0. The lowest BCUT2D eigenvalue weighted by Crippen LogP contribution is -2.19. The van der Waals surface area contributed by atoms with Gasteiger partial charge in [-0.25, -0.2) is 4.68 Å². The first-order valence-corrected chi connectivity index (χ1v) is 4.16. The van der Waals surface area contributed by atoms with Crippen molar-refractivity contribution in [2.24, 2.45) is 0 Å². The van der Waals surface area contributed by atoms with Gasteiger partial charge < -0.3 is 5.73 Å². The second-order valence-corrected chi connectivity index (χ2v) is 3.89. The maximum atomic E-state index is 5.71. The van der Waals surface area contributed by atoms with E-state index in [-0.39, 0.29) is 5.41 Å². The Balaban J connectivity index is 3.19. The summed E-state index contributed by atoms with van der Waals surface area (Å²) < 4.78 is 1.84. The van der Waals surface area contributed by atoms with Gasteiger partial charge in [0.15, 0.2) is 5.82 Å². The predicted octanol–water partition coefficient (Wildman–Crippen LogP) is 1.18. The van der Waals surface area contributed by atoms with E-state index in [9.17, 15) is 0 Å². The van der Waals surface area contributed by atoms with Gasteiger partial charge in [0.05, 0.1) is 5.69 Å². The summed E-state index contributed by atoms with van der Waals surface area (Å²) in [6.07, 6.45) is 0. The molecule has 0 aliphatic rings. The number of hydrogen-bond donors (Lipinski definition) is 1. The fourth-order valence-electron chi connectivity index (χ4n) is 1.32. The van der Waals surface area contributed by atoms with E-state index < -0.39 is 0 Å². The van der Waals surface area contributed by atoms with Crippen LogP contribution < -0.4 is 5.73 Å². The molecule has 0 radical (unpaired) electrons. The lowest BCUT2D eigenvalue weighted by Gasteiger charge is -2.19. The summed E-state index contributed by atoms with van der Waals surface area (Å²) >= 11 is 0. The van der Waals surface area contributed by atoms with Crippen LogP contribution in [0.5, 0.6) is 0 Å². The smallest absolute Gasteiger partial charge is 0.169 e.